The van der Waals surface area contributed by atoms with Crippen LogP contribution in [0.4, 0.5) is 28.6 Å². The van der Waals surface area contributed by atoms with Gasteiger partial charge >= 0.3 is 5.97 Å². The number of nitrogen functional groups attached to an aromatic ring is 3. The van der Waals surface area contributed by atoms with Crippen molar-refractivity contribution in [2.45, 2.75) is 93.2 Å². The number of rotatable bonds is 19. The zero-order valence-electron chi connectivity index (χ0n) is 53.1. The van der Waals surface area contributed by atoms with E-state index in [-0.39, 0.29) is 90.4 Å². The van der Waals surface area contributed by atoms with Crippen LogP contribution < -0.4 is 36.5 Å². The Morgan fingerprint density at radius 2 is 0.867 bits per heavy atom. The zero-order chi connectivity index (χ0) is 73.9. The van der Waals surface area contributed by atoms with Crippen molar-refractivity contribution in [1.82, 2.24) is 24.1 Å². The van der Waals surface area contributed by atoms with Crippen LogP contribution in [0.1, 0.15) is 90.9 Å². The standard InChI is InChI=1S/C22H22N4O4S.C14H13NO2.C9H10N2O5S.C9H12N2O3S.C6H6N2O4S.C3H5ClO/c1-3-20(28)26-31(29,30)17-10-6-15(7-11-17)12-19(27)21-22(23)24-13-18(25-21)16-8-4-14(2)5-9-16;1-9-2-4-10(5-3-9)11-6-7-13(15)12(8-11)14(16)17;1-2-9(12)10-17(15,16)8-5-3-7(4-6-8)11(13)14;1-2-9(12)11-15(13,14)8-5-3-7(10)4-6-8;7-13(11,12)6-3-1-5(2-4-6)8(9)10;1-2-3(4)5/h4-11,13H,3,12H2,1-2H3,(H2,23,24)(H,26,28);2-8H,15H2,1H3,(H,16,17);3-6H,2H2,1H3,(H,10,12);3-6H,2,10H2,1H3,(H,11,12);1-4H,(H2,7,11,12);2H2,1H3. The molecule has 0 aliphatic carbocycles. The molecular formula is C63H68ClN11O19S4. The molecule has 0 atom stereocenters. The van der Waals surface area contributed by atoms with E-state index in [9.17, 15) is 82.7 Å². The zero-order valence-corrected chi connectivity index (χ0v) is 57.1. The summed E-state index contributed by atoms with van der Waals surface area (Å²) in [4.78, 5) is 94.1. The third kappa shape index (κ3) is 26.7. The second-order valence-corrected chi connectivity index (χ2v) is 27.1. The number of non-ortho nitro benzene ring substituents is 2. The molecule has 3 amide bonds. The van der Waals surface area contributed by atoms with Crippen molar-refractivity contribution in [1.29, 1.82) is 0 Å². The van der Waals surface area contributed by atoms with Gasteiger partial charge in [-0.2, -0.15) is 0 Å². The fourth-order valence-corrected chi connectivity index (χ4v) is 10.9. The fourth-order valence-electron chi connectivity index (χ4n) is 7.18. The Balaban J connectivity index is 0.000000325. The van der Waals surface area contributed by atoms with Gasteiger partial charge in [-0.1, -0.05) is 106 Å². The van der Waals surface area contributed by atoms with E-state index >= 15 is 0 Å². The summed E-state index contributed by atoms with van der Waals surface area (Å²) in [6.45, 7) is 10.4. The summed E-state index contributed by atoms with van der Waals surface area (Å²) in [5.41, 5.74) is 23.5. The number of nitro benzene ring substituents is 2. The molecular weight excluding hydrogens is 1380 g/mol. The van der Waals surface area contributed by atoms with Gasteiger partial charge in [-0.05, 0) is 115 Å². The van der Waals surface area contributed by atoms with Gasteiger partial charge < -0.3 is 22.3 Å². The molecule has 35 heteroatoms. The lowest BCUT2D eigenvalue weighted by Crippen LogP contribution is -2.29. The second kappa shape index (κ2) is 37.4. The lowest BCUT2D eigenvalue weighted by Gasteiger charge is -2.08. The van der Waals surface area contributed by atoms with Gasteiger partial charge in [-0.15, -0.1) is 0 Å². The molecule has 8 rings (SSSR count). The Bertz CT molecular complexity index is 4630. The predicted octanol–water partition coefficient (Wildman–Crippen LogP) is 8.31. The highest BCUT2D eigenvalue weighted by Gasteiger charge is 2.21. The van der Waals surface area contributed by atoms with Gasteiger partial charge in [0.05, 0.1) is 46.9 Å². The summed E-state index contributed by atoms with van der Waals surface area (Å²) < 4.78 is 97.7. The number of primary sulfonamides is 1. The molecule has 0 saturated heterocycles. The smallest absolute Gasteiger partial charge is 0.337 e. The van der Waals surface area contributed by atoms with Gasteiger partial charge in [-0.3, -0.25) is 44.2 Å². The minimum absolute atomic E-state index is 0.0264. The number of amides is 3. The first-order valence-corrected chi connectivity index (χ1v) is 34.9. The first kappa shape index (κ1) is 81.3. The predicted molar refractivity (Wildman–Crippen MR) is 366 cm³/mol. The minimum atomic E-state index is -3.94. The summed E-state index contributed by atoms with van der Waals surface area (Å²) in [7, 11) is -15.4. The molecule has 0 aliphatic rings. The van der Waals surface area contributed by atoms with Gasteiger partial charge in [0.2, 0.25) is 33.0 Å². The highest BCUT2D eigenvalue weighted by Crippen LogP contribution is 2.25. The van der Waals surface area contributed by atoms with Crippen molar-refractivity contribution in [3.05, 3.63) is 218 Å². The molecule has 98 heavy (non-hydrogen) atoms. The fraction of sp³-hybridized carbons (Fsp3) is 0.175. The number of carbonyl (C=O) groups excluding carboxylic acids is 5. The summed E-state index contributed by atoms with van der Waals surface area (Å²) in [6, 6.07) is 40.6. The maximum absolute atomic E-state index is 12.8. The molecule has 1 heterocycles. The van der Waals surface area contributed by atoms with Crippen LogP contribution in [-0.2, 0) is 65.7 Å². The van der Waals surface area contributed by atoms with Crippen LogP contribution in [0.3, 0.4) is 0 Å². The quantitative estimate of drug-likeness (QED) is 0.0124. The number of ketones is 1. The maximum Gasteiger partial charge on any atom is 0.337 e. The first-order valence-electron chi connectivity index (χ1n) is 28.5. The molecule has 0 radical (unpaired) electrons. The highest BCUT2D eigenvalue weighted by atomic mass is 35.5. The van der Waals surface area contributed by atoms with Crippen molar-refractivity contribution < 1.29 is 77.4 Å². The molecule has 0 bridgehead atoms. The number of sulfonamides is 4. The summed E-state index contributed by atoms with van der Waals surface area (Å²) in [5, 5.41) is 34.1. The van der Waals surface area contributed by atoms with E-state index in [2.05, 4.69) is 9.97 Å². The monoisotopic (exact) mass is 1450 g/mol. The van der Waals surface area contributed by atoms with E-state index in [1.165, 1.54) is 67.2 Å². The van der Waals surface area contributed by atoms with Gasteiger partial charge in [0.25, 0.3) is 41.4 Å². The number of benzene rings is 7. The van der Waals surface area contributed by atoms with E-state index in [1.807, 2.05) is 82.6 Å². The summed E-state index contributed by atoms with van der Waals surface area (Å²) in [6.07, 6.45) is 2.12. The van der Waals surface area contributed by atoms with Crippen LogP contribution in [0.25, 0.3) is 22.4 Å². The molecule has 0 fully saturated rings. The maximum atomic E-state index is 12.8. The van der Waals surface area contributed by atoms with Crippen LogP contribution >= 0.6 is 11.6 Å². The Morgan fingerprint density at radius 1 is 0.510 bits per heavy atom. The number of aromatic carboxylic acids is 1. The van der Waals surface area contributed by atoms with Crippen LogP contribution in [0.2, 0.25) is 0 Å². The Morgan fingerprint density at radius 3 is 1.22 bits per heavy atom. The number of aromatic nitrogens is 2. The number of halogens is 1. The van der Waals surface area contributed by atoms with E-state index < -0.39 is 73.6 Å². The van der Waals surface area contributed by atoms with E-state index in [1.54, 1.807) is 32.9 Å². The summed E-state index contributed by atoms with van der Waals surface area (Å²) in [5.74, 6) is -3.08. The number of carboxylic acids is 1. The largest absolute Gasteiger partial charge is 0.478 e. The average molecular weight is 1450 g/mol. The van der Waals surface area contributed by atoms with E-state index in [0.29, 0.717) is 23.4 Å². The third-order valence-corrected chi connectivity index (χ3v) is 18.0. The van der Waals surface area contributed by atoms with Gasteiger partial charge in [0.15, 0.2) is 11.6 Å². The summed E-state index contributed by atoms with van der Waals surface area (Å²) >= 11 is 4.82. The average Bonchev–Trinajstić information content (AvgIpc) is 0.860. The molecule has 0 spiro atoms. The number of hydrogen-bond donors (Lipinski definition) is 8. The van der Waals surface area contributed by atoms with E-state index in [4.69, 9.17) is 39.0 Å². The van der Waals surface area contributed by atoms with Gasteiger partial charge in [-0.25, -0.2) is 67.7 Å². The van der Waals surface area contributed by atoms with Crippen LogP contribution in [-0.4, -0.2) is 93.3 Å². The molecule has 8 aromatic rings. The lowest BCUT2D eigenvalue weighted by molar-refractivity contribution is -0.385. The van der Waals surface area contributed by atoms with Crippen LogP contribution in [0.5, 0.6) is 0 Å². The molecule has 0 unspecified atom stereocenters. The molecule has 1 aromatic heterocycles. The molecule has 7 aromatic carbocycles. The lowest BCUT2D eigenvalue weighted by atomic mass is 10.0. The number of nitrogens with one attached hydrogen (secondary N) is 3. The number of carboxylic acid groups (broad SMARTS) is 1. The first-order chi connectivity index (χ1) is 45.8. The SMILES string of the molecule is CCC(=O)Cl.CCC(=O)NS(=O)(=O)c1ccc(CC(=O)c2nc(-c3ccc(C)cc3)cnc2N)cc1.CCC(=O)NS(=O)(=O)c1ccc(N)cc1.CCC(=O)NS(=O)(=O)c1ccc([N+](=O)[O-])cc1.Cc1ccc(-c2ccc(N)c(C(=O)O)c2)cc1.NS(=O)(=O)c1ccc([N+](=O)[O-])cc1. The number of nitrogens with zero attached hydrogens (tertiary/aromatic N) is 4. The molecule has 0 saturated carbocycles. The Labute approximate surface area is 569 Å². The van der Waals surface area contributed by atoms with Crippen molar-refractivity contribution in [3.8, 4) is 22.4 Å². The number of nitrogens with two attached hydrogens (primary N) is 4. The van der Waals surface area contributed by atoms with Crippen molar-refractivity contribution in [2.24, 2.45) is 5.14 Å². The van der Waals surface area contributed by atoms with E-state index in [0.717, 1.165) is 70.8 Å². The second-order valence-electron chi connectivity index (χ2n) is 20.0. The molecule has 0 aliphatic heterocycles. The third-order valence-electron chi connectivity index (χ3n) is 12.6. The van der Waals surface area contributed by atoms with Gasteiger partial charge in [0.1, 0.15) is 5.69 Å². The Hall–Kier alpha value is -10.9. The van der Waals surface area contributed by atoms with Crippen molar-refractivity contribution >= 4 is 115 Å². The Kier molecular flexibility index (Phi) is 31.0. The topological polar surface area (TPSA) is 511 Å². The van der Waals surface area contributed by atoms with Crippen LogP contribution in [0.15, 0.2) is 190 Å². The number of nitro groups is 2. The normalized spacial score (nSPS) is 10.7. The molecule has 12 N–H and O–H groups in total. The minimum Gasteiger partial charge on any atom is -0.478 e. The van der Waals surface area contributed by atoms with Crippen molar-refractivity contribution in [3.63, 3.8) is 0 Å². The number of aryl methyl sites for hydroxylation is 2. The number of hydrogen-bond acceptors (Lipinski definition) is 23. The highest BCUT2D eigenvalue weighted by molar-refractivity contribution is 7.90. The molecule has 520 valence electrons. The number of Topliss-reactive ketones (excluding diaryl/α,β-unsaturated/α-hetero) is 1. The number of anilines is 3. The number of carbonyl (C=O) groups is 6. The van der Waals surface area contributed by atoms with Crippen LogP contribution in [0, 0.1) is 34.1 Å². The van der Waals surface area contributed by atoms with Crippen molar-refractivity contribution in [2.75, 3.05) is 17.2 Å². The molecule has 30 nitrogen and oxygen atoms in total. The van der Waals surface area contributed by atoms with Gasteiger partial charge in [0, 0.05) is 73.3 Å².